The highest BCUT2D eigenvalue weighted by molar-refractivity contribution is 7.95. The second-order valence-electron chi connectivity index (χ2n) is 5.80. The zero-order chi connectivity index (χ0) is 17.0. The molecule has 4 nitrogen and oxygen atoms in total. The Balaban J connectivity index is 2.01. The number of nitrogens with one attached hydrogen (secondary N) is 1. The van der Waals surface area contributed by atoms with Gasteiger partial charge < -0.3 is 0 Å². The lowest BCUT2D eigenvalue weighted by Crippen LogP contribution is -2.32. The monoisotopic (exact) mass is 345 g/mol. The van der Waals surface area contributed by atoms with E-state index in [-0.39, 0.29) is 0 Å². The molecule has 4 aromatic rings. The van der Waals surface area contributed by atoms with Gasteiger partial charge in [0.2, 0.25) is 5.82 Å². The van der Waals surface area contributed by atoms with Crippen molar-refractivity contribution in [1.82, 2.24) is 20.6 Å². The average Bonchev–Trinajstić information content (AvgIpc) is 3.21. The van der Waals surface area contributed by atoms with Crippen molar-refractivity contribution in [2.45, 2.75) is 6.16 Å². The fourth-order valence-corrected chi connectivity index (χ4v) is 7.27. The first-order valence-corrected chi connectivity index (χ1v) is 10.1. The number of hydrogen-bond acceptors (Lipinski definition) is 3. The van der Waals surface area contributed by atoms with Crippen LogP contribution in [0.1, 0.15) is 5.82 Å². The first-order valence-electron chi connectivity index (χ1n) is 8.17. The summed E-state index contributed by atoms with van der Waals surface area (Å²) in [6, 6.07) is 32.1. The van der Waals surface area contributed by atoms with Crippen LogP contribution in [0.3, 0.4) is 0 Å². The Bertz CT molecular complexity index is 813. The molecule has 0 amide bonds. The Kier molecular flexibility index (Phi) is 4.36. The van der Waals surface area contributed by atoms with Gasteiger partial charge in [-0.25, -0.2) is 0 Å². The molecule has 0 unspecified atom stereocenters. The second-order valence-corrected chi connectivity index (χ2v) is 9.29. The van der Waals surface area contributed by atoms with E-state index < -0.39 is 7.26 Å². The standard InChI is InChI=1S/C20H18N4P/c1-4-10-17(11-5-1)25(16-20-21-23-24-22-20,18-12-6-2-7-13-18)19-14-8-3-9-15-19/h1-15H,16H2,(H,21,22,23,24)/q+1. The Morgan fingerprint density at radius 2 is 1.08 bits per heavy atom. The van der Waals surface area contributed by atoms with E-state index >= 15 is 0 Å². The van der Waals surface area contributed by atoms with Crippen LogP contribution in [0.2, 0.25) is 0 Å². The van der Waals surface area contributed by atoms with E-state index in [1.54, 1.807) is 0 Å². The first kappa shape index (κ1) is 15.7. The van der Waals surface area contributed by atoms with Crippen LogP contribution in [0.25, 0.3) is 0 Å². The van der Waals surface area contributed by atoms with Gasteiger partial charge in [0.1, 0.15) is 29.3 Å². The van der Waals surface area contributed by atoms with Crippen LogP contribution < -0.4 is 15.9 Å². The number of benzene rings is 3. The summed E-state index contributed by atoms with van der Waals surface area (Å²) in [4.78, 5) is 0. The molecule has 0 aliphatic heterocycles. The maximum absolute atomic E-state index is 4.26. The quantitative estimate of drug-likeness (QED) is 0.566. The van der Waals surface area contributed by atoms with Crippen molar-refractivity contribution in [3.05, 3.63) is 96.8 Å². The molecule has 0 aliphatic rings. The third-order valence-electron chi connectivity index (χ3n) is 4.36. The van der Waals surface area contributed by atoms with Crippen molar-refractivity contribution in [3.63, 3.8) is 0 Å². The molecule has 3 aromatic carbocycles. The van der Waals surface area contributed by atoms with Gasteiger partial charge >= 0.3 is 0 Å². The molecule has 0 saturated carbocycles. The van der Waals surface area contributed by atoms with E-state index in [0.717, 1.165) is 12.0 Å². The van der Waals surface area contributed by atoms with E-state index in [2.05, 4.69) is 112 Å². The molecule has 0 saturated heterocycles. The summed E-state index contributed by atoms with van der Waals surface area (Å²) < 4.78 is 0. The predicted molar refractivity (Wildman–Crippen MR) is 103 cm³/mol. The van der Waals surface area contributed by atoms with E-state index in [0.29, 0.717) is 0 Å². The SMILES string of the molecule is c1ccc([P+](Cc2nn[nH]n2)(c2ccccc2)c2ccccc2)cc1. The van der Waals surface area contributed by atoms with Gasteiger partial charge in [0.25, 0.3) is 0 Å². The van der Waals surface area contributed by atoms with Gasteiger partial charge in [-0.05, 0) is 36.4 Å². The van der Waals surface area contributed by atoms with Crippen LogP contribution in [0.15, 0.2) is 91.0 Å². The minimum absolute atomic E-state index is 0.738. The largest absolute Gasteiger partial charge is 0.212 e. The maximum atomic E-state index is 4.26. The van der Waals surface area contributed by atoms with Crippen molar-refractivity contribution in [1.29, 1.82) is 0 Å². The molecule has 0 radical (unpaired) electrons. The lowest BCUT2D eigenvalue weighted by Gasteiger charge is -2.26. The summed E-state index contributed by atoms with van der Waals surface area (Å²) in [5.41, 5.74) is 0. The Hall–Kier alpha value is -2.84. The predicted octanol–water partition coefficient (Wildman–Crippen LogP) is 2.69. The molecule has 122 valence electrons. The minimum Gasteiger partial charge on any atom is -0.177 e. The number of aromatic amines is 1. The molecule has 0 atom stereocenters. The summed E-state index contributed by atoms with van der Waals surface area (Å²) in [6.07, 6.45) is 0.738. The number of tetrazole rings is 1. The molecule has 25 heavy (non-hydrogen) atoms. The molecule has 1 N–H and O–H groups in total. The van der Waals surface area contributed by atoms with Crippen LogP contribution in [0, 0.1) is 0 Å². The molecule has 1 heterocycles. The van der Waals surface area contributed by atoms with Gasteiger partial charge in [-0.15, -0.1) is 10.2 Å². The molecule has 0 fully saturated rings. The van der Waals surface area contributed by atoms with Crippen molar-refractivity contribution in [2.24, 2.45) is 0 Å². The van der Waals surface area contributed by atoms with Crippen molar-refractivity contribution in [2.75, 3.05) is 0 Å². The molecule has 0 aliphatic carbocycles. The fourth-order valence-electron chi connectivity index (χ4n) is 3.23. The Morgan fingerprint density at radius 1 is 0.640 bits per heavy atom. The fraction of sp³-hybridized carbons (Fsp3) is 0.0500. The maximum Gasteiger partial charge on any atom is 0.212 e. The third-order valence-corrected chi connectivity index (χ3v) is 8.65. The first-order chi connectivity index (χ1) is 12.4. The third kappa shape index (κ3) is 2.97. The Labute approximate surface area is 147 Å². The number of rotatable bonds is 5. The van der Waals surface area contributed by atoms with Crippen molar-refractivity contribution in [3.8, 4) is 0 Å². The molecule has 0 bridgehead atoms. The van der Waals surface area contributed by atoms with Gasteiger partial charge in [0.15, 0.2) is 0 Å². The molecule has 0 spiro atoms. The van der Waals surface area contributed by atoms with Crippen LogP contribution in [-0.2, 0) is 6.16 Å². The lowest BCUT2D eigenvalue weighted by atomic mass is 10.4. The topological polar surface area (TPSA) is 54.5 Å². The van der Waals surface area contributed by atoms with E-state index in [1.807, 2.05) is 0 Å². The minimum atomic E-state index is -1.93. The zero-order valence-corrected chi connectivity index (χ0v) is 14.6. The van der Waals surface area contributed by atoms with Gasteiger partial charge in [0, 0.05) is 0 Å². The smallest absolute Gasteiger partial charge is 0.177 e. The highest BCUT2D eigenvalue weighted by Gasteiger charge is 2.46. The summed E-state index contributed by atoms with van der Waals surface area (Å²) in [6.45, 7) is 0. The summed E-state index contributed by atoms with van der Waals surface area (Å²) >= 11 is 0. The highest BCUT2D eigenvalue weighted by atomic mass is 31.2. The number of aromatic nitrogens is 4. The summed E-state index contributed by atoms with van der Waals surface area (Å²) in [5, 5.41) is 18.8. The van der Waals surface area contributed by atoms with E-state index in [1.165, 1.54) is 15.9 Å². The highest BCUT2D eigenvalue weighted by Crippen LogP contribution is 2.57. The molecule has 4 rings (SSSR count). The van der Waals surface area contributed by atoms with Crippen LogP contribution in [0.4, 0.5) is 0 Å². The number of nitrogens with zero attached hydrogens (tertiary/aromatic N) is 3. The zero-order valence-electron chi connectivity index (χ0n) is 13.7. The van der Waals surface area contributed by atoms with Crippen LogP contribution >= 0.6 is 7.26 Å². The normalized spacial score (nSPS) is 11.4. The molecular formula is C20H18N4P+. The van der Waals surface area contributed by atoms with Crippen LogP contribution in [-0.4, -0.2) is 20.6 Å². The van der Waals surface area contributed by atoms with Crippen LogP contribution in [0.5, 0.6) is 0 Å². The van der Waals surface area contributed by atoms with Gasteiger partial charge in [0.05, 0.1) is 0 Å². The molecule has 5 heteroatoms. The Morgan fingerprint density at radius 3 is 1.44 bits per heavy atom. The number of hydrogen-bond donors (Lipinski definition) is 1. The van der Waals surface area contributed by atoms with E-state index in [4.69, 9.17) is 0 Å². The van der Waals surface area contributed by atoms with Crippen molar-refractivity contribution >= 4 is 23.2 Å². The van der Waals surface area contributed by atoms with E-state index in [9.17, 15) is 0 Å². The second kappa shape index (κ2) is 6.96. The van der Waals surface area contributed by atoms with Gasteiger partial charge in [-0.2, -0.15) is 5.21 Å². The van der Waals surface area contributed by atoms with Gasteiger partial charge in [-0.3, -0.25) is 0 Å². The van der Waals surface area contributed by atoms with Crippen molar-refractivity contribution < 1.29 is 0 Å². The summed E-state index contributed by atoms with van der Waals surface area (Å²) in [5.74, 6) is 0.741. The summed E-state index contributed by atoms with van der Waals surface area (Å²) in [7, 11) is -1.93. The van der Waals surface area contributed by atoms with Gasteiger partial charge in [-0.1, -0.05) is 59.8 Å². The molecular weight excluding hydrogens is 327 g/mol. The number of H-pyrrole nitrogens is 1. The molecule has 1 aromatic heterocycles. The lowest BCUT2D eigenvalue weighted by molar-refractivity contribution is 0.881. The average molecular weight is 345 g/mol.